The van der Waals surface area contributed by atoms with Crippen LogP contribution in [0.15, 0.2) is 24.5 Å². The smallest absolute Gasteiger partial charge is 0.328 e. The van der Waals surface area contributed by atoms with Gasteiger partial charge in [0.2, 0.25) is 5.91 Å². The first-order valence-corrected chi connectivity index (χ1v) is 12.1. The summed E-state index contributed by atoms with van der Waals surface area (Å²) in [4.78, 5) is 40.1. The summed E-state index contributed by atoms with van der Waals surface area (Å²) in [6.07, 6.45) is 11.4. The minimum Gasteiger partial charge on any atom is -0.335 e. The third-order valence-electron chi connectivity index (χ3n) is 7.36. The summed E-state index contributed by atoms with van der Waals surface area (Å²) >= 11 is 0. The molecule has 5 amide bonds. The number of anilines is 1. The normalized spacial score (nSPS) is 24.4. The van der Waals surface area contributed by atoms with Gasteiger partial charge in [0, 0.05) is 37.8 Å². The number of rotatable bonds is 4. The van der Waals surface area contributed by atoms with Crippen LogP contribution in [0.3, 0.4) is 0 Å². The maximum atomic E-state index is 12.7. The molecule has 1 saturated carbocycles. The maximum absolute atomic E-state index is 12.7. The van der Waals surface area contributed by atoms with Gasteiger partial charge in [-0.05, 0) is 62.6 Å². The molecular weight excluding hydrogens is 420 g/mol. The van der Waals surface area contributed by atoms with Gasteiger partial charge in [0.15, 0.2) is 0 Å². The Balaban J connectivity index is 1.24. The van der Waals surface area contributed by atoms with Crippen molar-refractivity contribution >= 4 is 29.2 Å². The Labute approximate surface area is 193 Å². The van der Waals surface area contributed by atoms with Crippen molar-refractivity contribution < 1.29 is 14.4 Å². The Bertz CT molecular complexity index is 1060. The summed E-state index contributed by atoms with van der Waals surface area (Å²) in [5, 5.41) is 9.98. The molecule has 1 aliphatic carbocycles. The zero-order valence-electron chi connectivity index (χ0n) is 19.1. The summed E-state index contributed by atoms with van der Waals surface area (Å²) in [5.74, 6) is 0.256. The minimum absolute atomic E-state index is 0.0939. The predicted molar refractivity (Wildman–Crippen MR) is 124 cm³/mol. The van der Waals surface area contributed by atoms with Crippen LogP contribution in [0.2, 0.25) is 0 Å². The largest absolute Gasteiger partial charge is 0.335 e. The summed E-state index contributed by atoms with van der Waals surface area (Å²) in [7, 11) is 0. The van der Waals surface area contributed by atoms with Gasteiger partial charge in [-0.15, -0.1) is 0 Å². The zero-order valence-corrected chi connectivity index (χ0v) is 19.1. The van der Waals surface area contributed by atoms with E-state index in [1.807, 2.05) is 11.1 Å². The van der Waals surface area contributed by atoms with Crippen molar-refractivity contribution in [3.05, 3.63) is 30.1 Å². The highest BCUT2D eigenvalue weighted by Crippen LogP contribution is 2.29. The molecule has 33 heavy (non-hydrogen) atoms. The highest BCUT2D eigenvalue weighted by atomic mass is 16.2. The Morgan fingerprint density at radius 1 is 1.21 bits per heavy atom. The number of piperidine rings is 1. The Hall–Kier alpha value is -3.10. The second kappa shape index (κ2) is 9.03. The average Bonchev–Trinajstić information content (AvgIpc) is 3.44. The molecule has 0 unspecified atom stereocenters. The standard InChI is InChI=1S/C24H32N6O3/c1-16-12-17(6-9-28(16)23(32)26-19-4-2-3-5-19)13-18-7-11-30-20(14-18)21(15-25-30)29-10-8-22(31)27-24(29)33/h7,11,14-17,19H,2-6,8-10,12-13H2,1H3,(H,26,32)(H,27,31,33)/t16-,17+/m0/s1. The van der Waals surface area contributed by atoms with Gasteiger partial charge < -0.3 is 10.2 Å². The lowest BCUT2D eigenvalue weighted by Gasteiger charge is -2.38. The maximum Gasteiger partial charge on any atom is 0.328 e. The molecule has 2 N–H and O–H groups in total. The van der Waals surface area contributed by atoms with Crippen molar-refractivity contribution in [3.63, 3.8) is 0 Å². The molecule has 3 fully saturated rings. The fraction of sp³-hybridized carbons (Fsp3) is 0.583. The van der Waals surface area contributed by atoms with Crippen LogP contribution in [0.5, 0.6) is 0 Å². The molecule has 9 heteroatoms. The Kier molecular flexibility index (Phi) is 5.95. The third-order valence-corrected chi connectivity index (χ3v) is 7.36. The average molecular weight is 453 g/mol. The number of amides is 5. The quantitative estimate of drug-likeness (QED) is 0.745. The monoisotopic (exact) mass is 452 g/mol. The molecule has 0 radical (unpaired) electrons. The van der Waals surface area contributed by atoms with Gasteiger partial charge in [0.1, 0.15) is 0 Å². The van der Waals surface area contributed by atoms with E-state index in [0.717, 1.165) is 44.2 Å². The molecular formula is C24H32N6O3. The summed E-state index contributed by atoms with van der Waals surface area (Å²) in [5.41, 5.74) is 2.77. The van der Waals surface area contributed by atoms with E-state index in [9.17, 15) is 14.4 Å². The summed E-state index contributed by atoms with van der Waals surface area (Å²) < 4.78 is 1.77. The van der Waals surface area contributed by atoms with Crippen molar-refractivity contribution in [3.8, 4) is 0 Å². The van der Waals surface area contributed by atoms with Crippen LogP contribution in [-0.2, 0) is 11.2 Å². The van der Waals surface area contributed by atoms with E-state index in [0.29, 0.717) is 24.2 Å². The van der Waals surface area contributed by atoms with Crippen molar-refractivity contribution in [2.24, 2.45) is 5.92 Å². The highest BCUT2D eigenvalue weighted by molar-refractivity contribution is 6.07. The van der Waals surface area contributed by atoms with Crippen molar-refractivity contribution in [2.75, 3.05) is 18.0 Å². The molecule has 2 aromatic rings. The van der Waals surface area contributed by atoms with Gasteiger partial charge in [0.05, 0.1) is 17.4 Å². The Morgan fingerprint density at radius 2 is 2.03 bits per heavy atom. The first-order chi connectivity index (χ1) is 16.0. The highest BCUT2D eigenvalue weighted by Gasteiger charge is 2.31. The molecule has 5 rings (SSSR count). The molecule has 0 bridgehead atoms. The predicted octanol–water partition coefficient (Wildman–Crippen LogP) is 3.08. The zero-order chi connectivity index (χ0) is 22.9. The number of fused-ring (bicyclic) bond motifs is 1. The van der Waals surface area contributed by atoms with Crippen molar-refractivity contribution in [1.82, 2.24) is 25.1 Å². The number of pyridine rings is 1. The molecule has 2 atom stereocenters. The minimum atomic E-state index is -0.399. The van der Waals surface area contributed by atoms with Crippen molar-refractivity contribution in [2.45, 2.75) is 70.4 Å². The second-order valence-electron chi connectivity index (χ2n) is 9.72. The van der Waals surface area contributed by atoms with Crippen LogP contribution in [0.25, 0.3) is 5.52 Å². The van der Waals surface area contributed by atoms with Gasteiger partial charge in [-0.3, -0.25) is 15.0 Å². The molecule has 9 nitrogen and oxygen atoms in total. The Morgan fingerprint density at radius 3 is 2.79 bits per heavy atom. The number of hydrogen-bond acceptors (Lipinski definition) is 4. The van der Waals surface area contributed by atoms with Gasteiger partial charge in [0.25, 0.3) is 0 Å². The second-order valence-corrected chi connectivity index (χ2v) is 9.72. The number of hydrogen-bond donors (Lipinski definition) is 2. The van der Waals surface area contributed by atoms with Gasteiger partial charge in [-0.25, -0.2) is 14.1 Å². The number of imide groups is 1. The number of carbonyl (C=O) groups is 3. The first kappa shape index (κ1) is 21.7. The summed E-state index contributed by atoms with van der Waals surface area (Å²) in [6, 6.07) is 4.43. The number of likely N-dealkylation sites (tertiary alicyclic amines) is 1. The SMILES string of the molecule is C[C@H]1C[C@H](Cc2ccn3ncc(N4CCC(=O)NC4=O)c3c2)CCN1C(=O)NC1CCCC1. The number of urea groups is 2. The number of carbonyl (C=O) groups excluding carboxylic acids is 3. The number of nitrogens with zero attached hydrogens (tertiary/aromatic N) is 4. The molecule has 0 aromatic carbocycles. The van der Waals surface area contributed by atoms with E-state index in [2.05, 4.69) is 34.8 Å². The van der Waals surface area contributed by atoms with Crippen LogP contribution >= 0.6 is 0 Å². The van der Waals surface area contributed by atoms with E-state index in [-0.39, 0.29) is 24.4 Å². The van der Waals surface area contributed by atoms with E-state index in [1.165, 1.54) is 18.4 Å². The van der Waals surface area contributed by atoms with Crippen LogP contribution in [0.4, 0.5) is 15.3 Å². The molecule has 3 aliphatic rings. The van der Waals surface area contributed by atoms with Gasteiger partial charge in [-0.1, -0.05) is 12.8 Å². The fourth-order valence-corrected chi connectivity index (χ4v) is 5.56. The van der Waals surface area contributed by atoms with Crippen LogP contribution in [0.1, 0.15) is 57.4 Å². The molecule has 4 heterocycles. The number of nitrogens with one attached hydrogen (secondary N) is 2. The van der Waals surface area contributed by atoms with Gasteiger partial charge >= 0.3 is 12.1 Å². The van der Waals surface area contributed by atoms with Crippen LogP contribution in [0, 0.1) is 5.92 Å². The lowest BCUT2D eigenvalue weighted by Crippen LogP contribution is -2.51. The van der Waals surface area contributed by atoms with Crippen LogP contribution < -0.4 is 15.5 Å². The third kappa shape index (κ3) is 4.54. The lowest BCUT2D eigenvalue weighted by atomic mass is 9.87. The van der Waals surface area contributed by atoms with Crippen LogP contribution in [-0.4, -0.2) is 57.7 Å². The molecule has 2 aliphatic heterocycles. The molecule has 2 saturated heterocycles. The first-order valence-electron chi connectivity index (χ1n) is 12.1. The topological polar surface area (TPSA) is 99.1 Å². The van der Waals surface area contributed by atoms with E-state index in [4.69, 9.17) is 0 Å². The number of aromatic nitrogens is 2. The van der Waals surface area contributed by atoms with Crippen molar-refractivity contribution in [1.29, 1.82) is 0 Å². The molecule has 2 aromatic heterocycles. The van der Waals surface area contributed by atoms with Gasteiger partial charge in [-0.2, -0.15) is 5.10 Å². The van der Waals surface area contributed by atoms with E-state index < -0.39 is 6.03 Å². The lowest BCUT2D eigenvalue weighted by molar-refractivity contribution is -0.120. The molecule has 176 valence electrons. The summed E-state index contributed by atoms with van der Waals surface area (Å²) in [6.45, 7) is 3.29. The van der Waals surface area contributed by atoms with E-state index in [1.54, 1.807) is 15.6 Å². The fourth-order valence-electron chi connectivity index (χ4n) is 5.56. The molecule has 0 spiro atoms. The van der Waals surface area contributed by atoms with E-state index >= 15 is 0 Å².